The Kier molecular flexibility index (Phi) is 6.53. The van der Waals surface area contributed by atoms with Gasteiger partial charge in [-0.25, -0.2) is 4.98 Å². The molecule has 144 valence electrons. The van der Waals surface area contributed by atoms with Crippen molar-refractivity contribution < 1.29 is 14.3 Å². The molecule has 1 N–H and O–H groups in total. The number of amides is 1. The van der Waals surface area contributed by atoms with E-state index in [2.05, 4.69) is 31.2 Å². The first-order chi connectivity index (χ1) is 13.5. The van der Waals surface area contributed by atoms with Gasteiger partial charge in [0.1, 0.15) is 9.88 Å². The second-order valence-corrected chi connectivity index (χ2v) is 7.92. The first-order valence-electron chi connectivity index (χ1n) is 8.50. The molecule has 0 saturated carbocycles. The van der Waals surface area contributed by atoms with Crippen molar-refractivity contribution in [2.75, 3.05) is 7.11 Å². The van der Waals surface area contributed by atoms with Crippen LogP contribution in [0.3, 0.4) is 0 Å². The Bertz CT molecular complexity index is 974. The molecular formula is C20H18BrN3O3S. The lowest BCUT2D eigenvalue weighted by atomic mass is 10.0. The highest BCUT2D eigenvalue weighted by molar-refractivity contribution is 9.10. The van der Waals surface area contributed by atoms with Crippen LogP contribution >= 0.6 is 27.3 Å². The van der Waals surface area contributed by atoms with E-state index >= 15 is 0 Å². The third kappa shape index (κ3) is 4.82. The number of methoxy groups -OCH3 is 1. The highest BCUT2D eigenvalue weighted by atomic mass is 79.9. The van der Waals surface area contributed by atoms with Gasteiger partial charge in [0.25, 0.3) is 5.91 Å². The Morgan fingerprint density at radius 1 is 1.21 bits per heavy atom. The third-order valence-corrected chi connectivity index (χ3v) is 5.77. The van der Waals surface area contributed by atoms with E-state index in [1.165, 1.54) is 18.4 Å². The molecule has 0 saturated heterocycles. The van der Waals surface area contributed by atoms with E-state index in [0.717, 1.165) is 10.0 Å². The van der Waals surface area contributed by atoms with E-state index in [1.54, 1.807) is 13.1 Å². The number of esters is 1. The summed E-state index contributed by atoms with van der Waals surface area (Å²) in [4.78, 5) is 34.0. The molecule has 3 rings (SSSR count). The molecule has 0 fully saturated rings. The van der Waals surface area contributed by atoms with Crippen LogP contribution in [0.25, 0.3) is 10.7 Å². The predicted octanol–water partition coefficient (Wildman–Crippen LogP) is 4.31. The summed E-state index contributed by atoms with van der Waals surface area (Å²) in [7, 11) is 1.33. The van der Waals surface area contributed by atoms with Crippen LogP contribution in [0, 0.1) is 6.92 Å². The molecule has 2 heterocycles. The molecule has 0 unspecified atom stereocenters. The van der Waals surface area contributed by atoms with E-state index < -0.39 is 12.0 Å². The van der Waals surface area contributed by atoms with Crippen LogP contribution in [0.15, 0.2) is 53.1 Å². The van der Waals surface area contributed by atoms with Crippen LogP contribution in [-0.2, 0) is 9.53 Å². The molecular weight excluding hydrogens is 442 g/mol. The van der Waals surface area contributed by atoms with Crippen LogP contribution in [0.4, 0.5) is 0 Å². The molecule has 0 aliphatic carbocycles. The largest absolute Gasteiger partial charge is 0.469 e. The molecule has 1 aromatic carbocycles. The minimum absolute atomic E-state index is 0.0365. The van der Waals surface area contributed by atoms with E-state index in [0.29, 0.717) is 21.3 Å². The maximum absolute atomic E-state index is 12.9. The topological polar surface area (TPSA) is 81.2 Å². The Balaban J connectivity index is 1.84. The molecule has 0 aliphatic heterocycles. The van der Waals surface area contributed by atoms with Crippen molar-refractivity contribution in [2.45, 2.75) is 19.4 Å². The first kappa shape index (κ1) is 20.2. The number of rotatable bonds is 6. The molecule has 0 radical (unpaired) electrons. The van der Waals surface area contributed by atoms with Gasteiger partial charge in [0.05, 0.1) is 31.0 Å². The number of ether oxygens (including phenoxy) is 1. The number of carbonyl (C=O) groups excluding carboxylic acids is 2. The average Bonchev–Trinajstić information content (AvgIpc) is 3.10. The van der Waals surface area contributed by atoms with Gasteiger partial charge >= 0.3 is 5.97 Å². The smallest absolute Gasteiger partial charge is 0.307 e. The molecule has 3 aromatic rings. The van der Waals surface area contributed by atoms with Crippen molar-refractivity contribution in [1.29, 1.82) is 0 Å². The number of halogens is 1. The van der Waals surface area contributed by atoms with Crippen molar-refractivity contribution in [1.82, 2.24) is 15.3 Å². The van der Waals surface area contributed by atoms with Gasteiger partial charge in [0.2, 0.25) is 0 Å². The monoisotopic (exact) mass is 459 g/mol. The van der Waals surface area contributed by atoms with Crippen molar-refractivity contribution in [2.24, 2.45) is 0 Å². The zero-order chi connectivity index (χ0) is 20.1. The predicted molar refractivity (Wildman–Crippen MR) is 111 cm³/mol. The highest BCUT2D eigenvalue weighted by Crippen LogP contribution is 2.28. The number of nitrogens with zero attached hydrogens (tertiary/aromatic N) is 2. The summed E-state index contributed by atoms with van der Waals surface area (Å²) >= 11 is 4.67. The maximum Gasteiger partial charge on any atom is 0.307 e. The van der Waals surface area contributed by atoms with E-state index in [-0.39, 0.29) is 12.3 Å². The summed E-state index contributed by atoms with van der Waals surface area (Å²) in [5.74, 6) is -0.683. The number of hydrogen-bond donors (Lipinski definition) is 1. The number of aryl methyl sites for hydroxylation is 1. The van der Waals surface area contributed by atoms with E-state index in [1.807, 2.05) is 42.5 Å². The van der Waals surface area contributed by atoms with Gasteiger partial charge in [-0.3, -0.25) is 14.6 Å². The molecule has 1 amide bonds. The fourth-order valence-electron chi connectivity index (χ4n) is 2.63. The quantitative estimate of drug-likeness (QED) is 0.555. The summed E-state index contributed by atoms with van der Waals surface area (Å²) in [5, 5.41) is 3.61. The van der Waals surface area contributed by atoms with Crippen molar-refractivity contribution in [3.63, 3.8) is 0 Å². The van der Waals surface area contributed by atoms with Gasteiger partial charge in [-0.05, 0) is 36.8 Å². The van der Waals surface area contributed by atoms with Gasteiger partial charge in [-0.2, -0.15) is 0 Å². The second-order valence-electron chi connectivity index (χ2n) is 6.01. The van der Waals surface area contributed by atoms with Gasteiger partial charge in [0.15, 0.2) is 0 Å². The zero-order valence-electron chi connectivity index (χ0n) is 15.3. The maximum atomic E-state index is 12.9. The Hall–Kier alpha value is -2.58. The lowest BCUT2D eigenvalue weighted by Gasteiger charge is -2.18. The number of carbonyl (C=O) groups is 2. The lowest BCUT2D eigenvalue weighted by Crippen LogP contribution is -2.30. The molecule has 0 aliphatic rings. The fraction of sp³-hybridized carbons (Fsp3) is 0.200. The van der Waals surface area contributed by atoms with Crippen molar-refractivity contribution in [3.05, 3.63) is 69.3 Å². The highest BCUT2D eigenvalue weighted by Gasteiger charge is 2.23. The molecule has 28 heavy (non-hydrogen) atoms. The van der Waals surface area contributed by atoms with Gasteiger partial charge < -0.3 is 10.1 Å². The summed E-state index contributed by atoms with van der Waals surface area (Å²) in [6.07, 6.45) is 1.72. The van der Waals surface area contributed by atoms with Gasteiger partial charge in [-0.15, -0.1) is 11.3 Å². The second kappa shape index (κ2) is 9.07. The Morgan fingerprint density at radius 3 is 2.61 bits per heavy atom. The Labute approximate surface area is 175 Å². The van der Waals surface area contributed by atoms with Crippen LogP contribution in [0.2, 0.25) is 0 Å². The molecule has 1 atom stereocenters. The van der Waals surface area contributed by atoms with Crippen LogP contribution in [0.5, 0.6) is 0 Å². The minimum Gasteiger partial charge on any atom is -0.469 e. The van der Waals surface area contributed by atoms with Crippen molar-refractivity contribution in [3.8, 4) is 10.7 Å². The van der Waals surface area contributed by atoms with Crippen molar-refractivity contribution >= 4 is 39.1 Å². The number of nitrogens with one attached hydrogen (secondary N) is 1. The minimum atomic E-state index is -0.507. The van der Waals surface area contributed by atoms with Gasteiger partial charge in [0, 0.05) is 10.7 Å². The normalized spacial score (nSPS) is 11.7. The zero-order valence-corrected chi connectivity index (χ0v) is 17.7. The molecule has 6 nitrogen and oxygen atoms in total. The number of hydrogen-bond acceptors (Lipinski definition) is 6. The summed E-state index contributed by atoms with van der Waals surface area (Å²) in [6.45, 7) is 1.78. The molecule has 0 bridgehead atoms. The van der Waals surface area contributed by atoms with Crippen LogP contribution < -0.4 is 5.32 Å². The lowest BCUT2D eigenvalue weighted by molar-refractivity contribution is -0.141. The summed E-state index contributed by atoms with van der Waals surface area (Å²) in [5.41, 5.74) is 2.15. The van der Waals surface area contributed by atoms with Gasteiger partial charge in [-0.1, -0.05) is 34.1 Å². The van der Waals surface area contributed by atoms with E-state index in [9.17, 15) is 9.59 Å². The molecule has 8 heteroatoms. The van der Waals surface area contributed by atoms with Crippen LogP contribution in [0.1, 0.15) is 33.4 Å². The third-order valence-electron chi connectivity index (χ3n) is 4.06. The number of aromatic nitrogens is 2. The number of thiazole rings is 1. The Morgan fingerprint density at radius 2 is 1.96 bits per heavy atom. The summed E-state index contributed by atoms with van der Waals surface area (Å²) < 4.78 is 5.70. The number of benzene rings is 1. The average molecular weight is 460 g/mol. The SMILES string of the molecule is COC(=O)C[C@H](NC(=O)c1sc(-c2ccccn2)nc1C)c1ccc(Br)cc1. The van der Waals surface area contributed by atoms with Crippen LogP contribution in [-0.4, -0.2) is 29.0 Å². The first-order valence-corrected chi connectivity index (χ1v) is 10.1. The van der Waals surface area contributed by atoms with E-state index in [4.69, 9.17) is 4.74 Å². The fourth-order valence-corrected chi connectivity index (χ4v) is 3.84. The molecule has 2 aromatic heterocycles. The molecule has 0 spiro atoms. The standard InChI is InChI=1S/C20H18BrN3O3S/c1-12-18(28-20(23-12)15-5-3-4-10-22-15)19(26)24-16(11-17(25)27-2)13-6-8-14(21)9-7-13/h3-10,16H,11H2,1-2H3,(H,24,26)/t16-/m0/s1. The number of pyridine rings is 1. The summed E-state index contributed by atoms with van der Waals surface area (Å²) in [6, 6.07) is 12.5.